The lowest BCUT2D eigenvalue weighted by Crippen LogP contribution is -2.22. The van der Waals surface area contributed by atoms with Crippen LogP contribution in [0.4, 0.5) is 0 Å². The van der Waals surface area contributed by atoms with Crippen molar-refractivity contribution in [1.82, 2.24) is 0 Å². The van der Waals surface area contributed by atoms with Crippen molar-refractivity contribution >= 4 is 11.9 Å². The zero-order valence-corrected chi connectivity index (χ0v) is 21.7. The molecular formula is C27H44O6. The van der Waals surface area contributed by atoms with Gasteiger partial charge in [0.05, 0.1) is 20.3 Å². The summed E-state index contributed by atoms with van der Waals surface area (Å²) in [4.78, 5) is 23.6. The number of esters is 2. The molecule has 0 aliphatic heterocycles. The van der Waals surface area contributed by atoms with Crippen molar-refractivity contribution in [3.63, 3.8) is 0 Å². The minimum atomic E-state index is -0.339. The average molecular weight is 465 g/mol. The lowest BCUT2D eigenvalue weighted by atomic mass is 9.75. The zero-order valence-electron chi connectivity index (χ0n) is 21.7. The number of phenolic OH excluding ortho intramolecular Hbond substituents is 1. The van der Waals surface area contributed by atoms with E-state index in [1.807, 2.05) is 19.9 Å². The molecule has 0 saturated heterocycles. The predicted octanol–water partition coefficient (Wildman–Crippen LogP) is 6.20. The van der Waals surface area contributed by atoms with E-state index in [1.54, 1.807) is 13.2 Å². The van der Waals surface area contributed by atoms with Crippen LogP contribution in [0.15, 0.2) is 12.1 Å². The van der Waals surface area contributed by atoms with Crippen molar-refractivity contribution in [3.8, 4) is 11.5 Å². The van der Waals surface area contributed by atoms with Gasteiger partial charge >= 0.3 is 11.9 Å². The molecule has 0 saturated carbocycles. The number of benzene rings is 1. The van der Waals surface area contributed by atoms with Gasteiger partial charge in [0.15, 0.2) is 0 Å². The molecule has 0 spiro atoms. The van der Waals surface area contributed by atoms with Gasteiger partial charge in [0.25, 0.3) is 0 Å². The van der Waals surface area contributed by atoms with Crippen LogP contribution in [-0.2, 0) is 29.9 Å². The summed E-state index contributed by atoms with van der Waals surface area (Å²) < 4.78 is 16.0. The summed E-state index contributed by atoms with van der Waals surface area (Å²) in [6, 6.07) is 3.71. The zero-order chi connectivity index (χ0) is 25.1. The van der Waals surface area contributed by atoms with E-state index < -0.39 is 0 Å². The fourth-order valence-corrected chi connectivity index (χ4v) is 4.00. The third-order valence-corrected chi connectivity index (χ3v) is 6.08. The van der Waals surface area contributed by atoms with E-state index in [0.29, 0.717) is 38.9 Å². The maximum atomic E-state index is 11.8. The van der Waals surface area contributed by atoms with Crippen molar-refractivity contribution in [1.29, 1.82) is 0 Å². The van der Waals surface area contributed by atoms with Crippen molar-refractivity contribution in [2.75, 3.05) is 20.3 Å². The maximum absolute atomic E-state index is 11.8. The van der Waals surface area contributed by atoms with Crippen molar-refractivity contribution in [3.05, 3.63) is 23.3 Å². The fraction of sp³-hybridized carbons (Fsp3) is 0.704. The minimum Gasteiger partial charge on any atom is -0.508 e. The lowest BCUT2D eigenvalue weighted by molar-refractivity contribution is -0.144. The van der Waals surface area contributed by atoms with E-state index in [4.69, 9.17) is 14.2 Å². The first-order chi connectivity index (χ1) is 15.5. The van der Waals surface area contributed by atoms with Crippen LogP contribution in [0.25, 0.3) is 0 Å². The van der Waals surface area contributed by atoms with Gasteiger partial charge in [-0.1, -0.05) is 41.5 Å². The van der Waals surface area contributed by atoms with Gasteiger partial charge in [0, 0.05) is 24.0 Å². The van der Waals surface area contributed by atoms with E-state index in [-0.39, 0.29) is 28.5 Å². The van der Waals surface area contributed by atoms with Crippen LogP contribution in [0, 0.1) is 0 Å². The Morgan fingerprint density at radius 3 is 1.70 bits per heavy atom. The van der Waals surface area contributed by atoms with E-state index in [1.165, 1.54) is 0 Å². The summed E-state index contributed by atoms with van der Waals surface area (Å²) in [5.41, 5.74) is 1.07. The number of rotatable bonds is 15. The predicted molar refractivity (Wildman–Crippen MR) is 131 cm³/mol. The SMILES string of the molecule is CCCOC(=O)CCCC(C)(C)c1cc(OC)c(C(C)(C)CCCC(=O)OCCC)cc1O. The highest BCUT2D eigenvalue weighted by molar-refractivity contribution is 5.69. The quantitative estimate of drug-likeness (QED) is 0.311. The van der Waals surface area contributed by atoms with Crippen LogP contribution in [0.1, 0.15) is 104 Å². The topological polar surface area (TPSA) is 82.1 Å². The molecule has 0 radical (unpaired) electrons. The molecule has 6 heteroatoms. The normalized spacial score (nSPS) is 11.8. The molecule has 1 aromatic carbocycles. The molecule has 0 atom stereocenters. The first-order valence-corrected chi connectivity index (χ1v) is 12.2. The summed E-state index contributed by atoms with van der Waals surface area (Å²) in [5.74, 6) is 0.597. The van der Waals surface area contributed by atoms with Crippen LogP contribution in [0.5, 0.6) is 11.5 Å². The van der Waals surface area contributed by atoms with Crippen molar-refractivity contribution in [2.45, 2.75) is 104 Å². The number of aromatic hydroxyl groups is 1. The Hall–Kier alpha value is -2.24. The summed E-state index contributed by atoms with van der Waals surface area (Å²) in [6.07, 6.45) is 5.24. The molecule has 188 valence electrons. The summed E-state index contributed by atoms with van der Waals surface area (Å²) in [6.45, 7) is 13.2. The second kappa shape index (κ2) is 13.5. The van der Waals surface area contributed by atoms with Crippen LogP contribution >= 0.6 is 0 Å². The third kappa shape index (κ3) is 9.26. The first kappa shape index (κ1) is 28.8. The molecule has 1 rings (SSSR count). The molecule has 1 N–H and O–H groups in total. The molecule has 0 bridgehead atoms. The smallest absolute Gasteiger partial charge is 0.305 e. The van der Waals surface area contributed by atoms with Gasteiger partial charge in [-0.25, -0.2) is 0 Å². The Labute approximate surface area is 200 Å². The number of phenols is 1. The number of carbonyl (C=O) groups is 2. The number of hydrogen-bond acceptors (Lipinski definition) is 6. The van der Waals surface area contributed by atoms with Crippen LogP contribution in [0.2, 0.25) is 0 Å². The third-order valence-electron chi connectivity index (χ3n) is 6.08. The molecule has 0 unspecified atom stereocenters. The summed E-state index contributed by atoms with van der Waals surface area (Å²) in [7, 11) is 1.63. The Morgan fingerprint density at radius 2 is 1.27 bits per heavy atom. The molecule has 6 nitrogen and oxygen atoms in total. The second-order valence-electron chi connectivity index (χ2n) is 9.99. The summed E-state index contributed by atoms with van der Waals surface area (Å²) in [5, 5.41) is 10.9. The molecule has 33 heavy (non-hydrogen) atoms. The van der Waals surface area contributed by atoms with Gasteiger partial charge in [-0.15, -0.1) is 0 Å². The molecule has 1 aromatic rings. The van der Waals surface area contributed by atoms with Crippen LogP contribution < -0.4 is 4.74 Å². The standard InChI is InChI=1S/C27H44O6/c1-8-16-32-24(29)12-10-14-26(3,4)20-19-23(31-7)21(18-22(20)28)27(5,6)15-11-13-25(30)33-17-9-2/h18-19,28H,8-17H2,1-7H3. The first-order valence-electron chi connectivity index (χ1n) is 12.2. The highest BCUT2D eigenvalue weighted by Crippen LogP contribution is 2.43. The summed E-state index contributed by atoms with van der Waals surface area (Å²) >= 11 is 0. The molecular weight excluding hydrogens is 420 g/mol. The molecule has 0 fully saturated rings. The second-order valence-corrected chi connectivity index (χ2v) is 9.99. The molecule has 0 aromatic heterocycles. The molecule has 0 aliphatic carbocycles. The highest BCUT2D eigenvalue weighted by Gasteiger charge is 2.30. The van der Waals surface area contributed by atoms with Crippen molar-refractivity contribution < 1.29 is 28.9 Å². The number of hydrogen-bond donors (Lipinski definition) is 1. The van der Waals surface area contributed by atoms with E-state index >= 15 is 0 Å². The fourth-order valence-electron chi connectivity index (χ4n) is 4.00. The lowest BCUT2D eigenvalue weighted by Gasteiger charge is -2.31. The molecule has 0 aliphatic rings. The van der Waals surface area contributed by atoms with Gasteiger partial charge in [-0.05, 0) is 61.5 Å². The van der Waals surface area contributed by atoms with Crippen LogP contribution in [0.3, 0.4) is 0 Å². The number of methoxy groups -OCH3 is 1. The van der Waals surface area contributed by atoms with Gasteiger partial charge in [-0.3, -0.25) is 9.59 Å². The average Bonchev–Trinajstić information content (AvgIpc) is 2.75. The highest BCUT2D eigenvalue weighted by atomic mass is 16.5. The van der Waals surface area contributed by atoms with E-state index in [0.717, 1.165) is 42.6 Å². The van der Waals surface area contributed by atoms with Gasteiger partial charge in [0.1, 0.15) is 11.5 Å². The van der Waals surface area contributed by atoms with Gasteiger partial charge < -0.3 is 19.3 Å². The maximum Gasteiger partial charge on any atom is 0.305 e. The van der Waals surface area contributed by atoms with E-state index in [9.17, 15) is 14.7 Å². The Balaban J connectivity index is 2.91. The number of carbonyl (C=O) groups excluding carboxylic acids is 2. The number of ether oxygens (including phenoxy) is 3. The monoisotopic (exact) mass is 464 g/mol. The Kier molecular flexibility index (Phi) is 11.7. The Morgan fingerprint density at radius 1 is 0.818 bits per heavy atom. The van der Waals surface area contributed by atoms with E-state index in [2.05, 4.69) is 27.7 Å². The molecule has 0 amide bonds. The Bertz CT molecular complexity index is 766. The largest absolute Gasteiger partial charge is 0.508 e. The van der Waals surface area contributed by atoms with Crippen LogP contribution in [-0.4, -0.2) is 37.4 Å². The van der Waals surface area contributed by atoms with Gasteiger partial charge in [-0.2, -0.15) is 0 Å². The molecule has 0 heterocycles. The van der Waals surface area contributed by atoms with Gasteiger partial charge in [0.2, 0.25) is 0 Å². The minimum absolute atomic E-state index is 0.168. The van der Waals surface area contributed by atoms with Crippen molar-refractivity contribution in [2.24, 2.45) is 0 Å².